The monoisotopic (exact) mass is 390 g/mol. The number of hydrogen-bond acceptors (Lipinski definition) is 4. The highest BCUT2D eigenvalue weighted by atomic mass is 16.5. The van der Waals surface area contributed by atoms with Gasteiger partial charge in [0.05, 0.1) is 5.92 Å². The van der Waals surface area contributed by atoms with E-state index < -0.39 is 11.9 Å². The van der Waals surface area contributed by atoms with Crippen LogP contribution in [0.4, 0.5) is 0 Å². The molecule has 1 unspecified atom stereocenters. The summed E-state index contributed by atoms with van der Waals surface area (Å²) in [6.07, 6.45) is 0.0923. The minimum atomic E-state index is -0.811. The molecule has 1 N–H and O–H groups in total. The number of carbonyl (C=O) groups is 1. The fraction of sp³-hybridized carbons (Fsp3) is 0.208. The molecule has 0 bridgehead atoms. The van der Waals surface area contributed by atoms with E-state index in [0.717, 1.165) is 17.1 Å². The predicted octanol–water partition coefficient (Wildman–Crippen LogP) is 5.47. The zero-order valence-corrected chi connectivity index (χ0v) is 16.0. The highest BCUT2D eigenvalue weighted by Crippen LogP contribution is 2.36. The summed E-state index contributed by atoms with van der Waals surface area (Å²) < 4.78 is 17.7. The van der Waals surface area contributed by atoms with Gasteiger partial charge in [-0.25, -0.2) is 0 Å². The van der Waals surface area contributed by atoms with E-state index >= 15 is 0 Å². The Hall–Kier alpha value is -3.47. The second-order valence-corrected chi connectivity index (χ2v) is 7.06. The first-order chi connectivity index (χ1) is 14.1. The van der Waals surface area contributed by atoms with E-state index in [-0.39, 0.29) is 12.2 Å². The molecule has 0 heterocycles. The first kappa shape index (κ1) is 18.9. The van der Waals surface area contributed by atoms with E-state index in [4.69, 9.17) is 19.3 Å². The molecular formula is C24H22O5. The highest BCUT2D eigenvalue weighted by molar-refractivity contribution is 5.74. The molecule has 5 nitrogen and oxygen atoms in total. The van der Waals surface area contributed by atoms with Gasteiger partial charge in [-0.3, -0.25) is 4.79 Å². The fourth-order valence-corrected chi connectivity index (χ4v) is 3.09. The van der Waals surface area contributed by atoms with E-state index in [1.165, 1.54) is 0 Å². The van der Waals surface area contributed by atoms with Crippen molar-refractivity contribution in [3.63, 3.8) is 0 Å². The van der Waals surface area contributed by atoms with Crippen LogP contribution in [0.2, 0.25) is 0 Å². The van der Waals surface area contributed by atoms with Gasteiger partial charge in [-0.2, -0.15) is 0 Å². The Morgan fingerprint density at radius 2 is 1.59 bits per heavy atom. The van der Waals surface area contributed by atoms with Crippen molar-refractivity contribution in [1.82, 2.24) is 0 Å². The van der Waals surface area contributed by atoms with Crippen LogP contribution in [0.3, 0.4) is 0 Å². The maximum absolute atomic E-state index is 11.0. The lowest BCUT2D eigenvalue weighted by atomic mass is 10.1. The quantitative estimate of drug-likeness (QED) is 0.552. The van der Waals surface area contributed by atoms with Gasteiger partial charge in [0.15, 0.2) is 0 Å². The molecule has 0 radical (unpaired) electrons. The van der Waals surface area contributed by atoms with Crippen LogP contribution in [-0.2, 0) is 4.79 Å². The minimum absolute atomic E-state index is 0.197. The second-order valence-electron chi connectivity index (χ2n) is 7.06. The molecule has 1 aliphatic rings. The minimum Gasteiger partial charge on any atom is -0.489 e. The van der Waals surface area contributed by atoms with Gasteiger partial charge < -0.3 is 19.3 Å². The van der Waals surface area contributed by atoms with Crippen molar-refractivity contribution in [3.05, 3.63) is 84.4 Å². The lowest BCUT2D eigenvalue weighted by Crippen LogP contribution is -2.08. The molecule has 0 saturated heterocycles. The van der Waals surface area contributed by atoms with E-state index in [1.54, 1.807) is 6.07 Å². The molecule has 3 atom stereocenters. The SMILES string of the molecule is CC(Oc1cccc(O[C@@H]2C[C@H]2C(=O)O)c1)c1cccc(Oc2ccccc2)c1. The molecular weight excluding hydrogens is 368 g/mol. The molecule has 1 saturated carbocycles. The smallest absolute Gasteiger partial charge is 0.310 e. The summed E-state index contributed by atoms with van der Waals surface area (Å²) in [6.45, 7) is 1.97. The average molecular weight is 390 g/mol. The van der Waals surface area contributed by atoms with Gasteiger partial charge >= 0.3 is 5.97 Å². The van der Waals surface area contributed by atoms with Crippen LogP contribution in [0.15, 0.2) is 78.9 Å². The molecule has 148 valence electrons. The first-order valence-electron chi connectivity index (χ1n) is 9.57. The van der Waals surface area contributed by atoms with E-state index in [1.807, 2.05) is 79.7 Å². The van der Waals surface area contributed by atoms with Crippen LogP contribution >= 0.6 is 0 Å². The summed E-state index contributed by atoms with van der Waals surface area (Å²) in [5.74, 6) is 1.58. The molecule has 1 aliphatic carbocycles. The lowest BCUT2D eigenvalue weighted by molar-refractivity contribution is -0.139. The van der Waals surface area contributed by atoms with Crippen LogP contribution in [0.1, 0.15) is 25.0 Å². The summed E-state index contributed by atoms with van der Waals surface area (Å²) >= 11 is 0. The van der Waals surface area contributed by atoms with Gasteiger partial charge in [0, 0.05) is 12.5 Å². The Morgan fingerprint density at radius 3 is 2.34 bits per heavy atom. The van der Waals surface area contributed by atoms with Crippen molar-refractivity contribution in [3.8, 4) is 23.0 Å². The molecule has 0 aliphatic heterocycles. The molecule has 29 heavy (non-hydrogen) atoms. The number of rotatable bonds is 8. The lowest BCUT2D eigenvalue weighted by Gasteiger charge is -2.17. The maximum Gasteiger partial charge on any atom is 0.310 e. The third-order valence-corrected chi connectivity index (χ3v) is 4.76. The molecule has 1 fully saturated rings. The largest absolute Gasteiger partial charge is 0.489 e. The Kier molecular flexibility index (Phi) is 5.38. The number of para-hydroxylation sites is 1. The van der Waals surface area contributed by atoms with Crippen LogP contribution < -0.4 is 14.2 Å². The number of carboxylic acids is 1. The Morgan fingerprint density at radius 1 is 0.897 bits per heavy atom. The van der Waals surface area contributed by atoms with E-state index in [0.29, 0.717) is 17.9 Å². The van der Waals surface area contributed by atoms with E-state index in [2.05, 4.69) is 0 Å². The van der Waals surface area contributed by atoms with Crippen molar-refractivity contribution >= 4 is 5.97 Å². The third-order valence-electron chi connectivity index (χ3n) is 4.76. The Bertz CT molecular complexity index is 985. The van der Waals surface area contributed by atoms with Crippen LogP contribution in [0.25, 0.3) is 0 Å². The summed E-state index contributed by atoms with van der Waals surface area (Å²) in [6, 6.07) is 24.7. The van der Waals surface area contributed by atoms with Gasteiger partial charge in [-0.15, -0.1) is 0 Å². The van der Waals surface area contributed by atoms with Gasteiger partial charge in [0.1, 0.15) is 35.2 Å². The fourth-order valence-electron chi connectivity index (χ4n) is 3.09. The topological polar surface area (TPSA) is 65.0 Å². The Balaban J connectivity index is 1.40. The number of aliphatic carboxylic acids is 1. The number of ether oxygens (including phenoxy) is 3. The summed E-state index contributed by atoms with van der Waals surface area (Å²) in [5.41, 5.74) is 0.984. The van der Waals surface area contributed by atoms with Crippen molar-refractivity contribution in [2.75, 3.05) is 0 Å². The van der Waals surface area contributed by atoms with E-state index in [9.17, 15) is 4.79 Å². The summed E-state index contributed by atoms with van der Waals surface area (Å²) in [7, 11) is 0. The maximum atomic E-state index is 11.0. The average Bonchev–Trinajstić information content (AvgIpc) is 3.49. The molecule has 0 amide bonds. The molecule has 0 aromatic heterocycles. The van der Waals surface area contributed by atoms with Crippen molar-refractivity contribution in [2.24, 2.45) is 5.92 Å². The van der Waals surface area contributed by atoms with Crippen molar-refractivity contribution in [1.29, 1.82) is 0 Å². The van der Waals surface area contributed by atoms with Crippen LogP contribution in [0.5, 0.6) is 23.0 Å². The van der Waals surface area contributed by atoms with Crippen molar-refractivity contribution < 1.29 is 24.1 Å². The van der Waals surface area contributed by atoms with Crippen LogP contribution in [0, 0.1) is 5.92 Å². The zero-order chi connectivity index (χ0) is 20.2. The number of carboxylic acid groups (broad SMARTS) is 1. The second kappa shape index (κ2) is 8.27. The molecule has 4 rings (SSSR count). The predicted molar refractivity (Wildman–Crippen MR) is 109 cm³/mol. The van der Waals surface area contributed by atoms with Gasteiger partial charge in [-0.05, 0) is 48.9 Å². The molecule has 3 aromatic rings. The molecule has 5 heteroatoms. The molecule has 0 spiro atoms. The van der Waals surface area contributed by atoms with Crippen LogP contribution in [-0.4, -0.2) is 17.2 Å². The van der Waals surface area contributed by atoms with Gasteiger partial charge in [0.2, 0.25) is 0 Å². The third kappa shape index (κ3) is 4.88. The van der Waals surface area contributed by atoms with Gasteiger partial charge in [0.25, 0.3) is 0 Å². The normalized spacial score (nSPS) is 18.5. The summed E-state index contributed by atoms with van der Waals surface area (Å²) in [4.78, 5) is 11.0. The highest BCUT2D eigenvalue weighted by Gasteiger charge is 2.45. The zero-order valence-electron chi connectivity index (χ0n) is 16.0. The summed E-state index contributed by atoms with van der Waals surface area (Å²) in [5, 5.41) is 9.00. The number of benzene rings is 3. The van der Waals surface area contributed by atoms with Gasteiger partial charge in [-0.1, -0.05) is 36.4 Å². The molecule has 3 aromatic carbocycles. The van der Waals surface area contributed by atoms with Crippen molar-refractivity contribution in [2.45, 2.75) is 25.6 Å². The first-order valence-corrected chi connectivity index (χ1v) is 9.57. The Labute approximate surface area is 169 Å². The number of hydrogen-bond donors (Lipinski definition) is 1. The standard InChI is InChI=1S/C24H22O5/c1-16(17-7-5-10-19(13-17)28-18-8-3-2-4-9-18)27-20-11-6-12-21(14-20)29-23-15-22(23)24(25)26/h2-14,16,22-23H,15H2,1H3,(H,25,26)/t16?,22-,23-/m1/s1.